The number of carbonyl (C=O) groups is 3. The van der Waals surface area contributed by atoms with Crippen molar-refractivity contribution in [2.75, 3.05) is 38.7 Å². The van der Waals surface area contributed by atoms with Crippen molar-refractivity contribution in [1.29, 1.82) is 0 Å². The average Bonchev–Trinajstić information content (AvgIpc) is 3.41. The molecule has 2 saturated heterocycles. The van der Waals surface area contributed by atoms with Gasteiger partial charge in [0.2, 0.25) is 0 Å². The van der Waals surface area contributed by atoms with Gasteiger partial charge < -0.3 is 24.3 Å². The number of hydrogen-bond acceptors (Lipinski definition) is 8. The number of ether oxygens (including phenoxy) is 4. The van der Waals surface area contributed by atoms with Crippen molar-refractivity contribution < 1.29 is 33.3 Å². The van der Waals surface area contributed by atoms with Gasteiger partial charge in [-0.3, -0.25) is 9.59 Å². The van der Waals surface area contributed by atoms with Crippen LogP contribution in [0.3, 0.4) is 0 Å². The van der Waals surface area contributed by atoms with Crippen LogP contribution in [0.25, 0.3) is 0 Å². The lowest BCUT2D eigenvalue weighted by Gasteiger charge is -2.05. The minimum Gasteiger partial charge on any atom is -0.463 e. The lowest BCUT2D eigenvalue weighted by atomic mass is 10.3. The molecule has 1 amide bonds. The second-order valence-electron chi connectivity index (χ2n) is 5.19. The van der Waals surface area contributed by atoms with Gasteiger partial charge in [0, 0.05) is 25.1 Å². The molecule has 2 heterocycles. The van der Waals surface area contributed by atoms with E-state index >= 15 is 0 Å². The van der Waals surface area contributed by atoms with Crippen LogP contribution in [-0.2, 0) is 28.5 Å². The highest BCUT2D eigenvalue weighted by Crippen LogP contribution is 2.11. The van der Waals surface area contributed by atoms with Crippen LogP contribution in [0.15, 0.2) is 0 Å². The van der Waals surface area contributed by atoms with Crippen molar-refractivity contribution in [2.45, 2.75) is 31.5 Å². The zero-order valence-corrected chi connectivity index (χ0v) is 13.6. The van der Waals surface area contributed by atoms with E-state index in [2.05, 4.69) is 5.32 Å². The molecule has 2 aliphatic heterocycles. The first-order valence-electron chi connectivity index (χ1n) is 7.58. The molecule has 0 bridgehead atoms. The number of rotatable bonds is 11. The number of epoxide rings is 2. The van der Waals surface area contributed by atoms with Crippen LogP contribution in [0.1, 0.15) is 19.3 Å². The van der Waals surface area contributed by atoms with Gasteiger partial charge in [0.1, 0.15) is 25.4 Å². The SMILES string of the molecule is O=C(CCCSC(=O)CCNC(=O)OCC1CO1)OCC1CO1. The molecular formula is C14H21NO7S. The summed E-state index contributed by atoms with van der Waals surface area (Å²) in [6.07, 6.45) is 0.662. The molecule has 2 rings (SSSR count). The number of esters is 1. The molecule has 2 unspecified atom stereocenters. The Balaban J connectivity index is 1.37. The molecule has 0 saturated carbocycles. The van der Waals surface area contributed by atoms with Gasteiger partial charge in [-0.25, -0.2) is 4.79 Å². The van der Waals surface area contributed by atoms with Gasteiger partial charge in [-0.1, -0.05) is 11.8 Å². The third kappa shape index (κ3) is 9.42. The summed E-state index contributed by atoms with van der Waals surface area (Å²) in [5.41, 5.74) is 0. The lowest BCUT2D eigenvalue weighted by molar-refractivity contribution is -0.144. The molecule has 1 N–H and O–H groups in total. The monoisotopic (exact) mass is 347 g/mol. The Morgan fingerprint density at radius 2 is 1.70 bits per heavy atom. The fourth-order valence-electron chi connectivity index (χ4n) is 1.55. The molecule has 0 aromatic heterocycles. The molecule has 130 valence electrons. The molecule has 23 heavy (non-hydrogen) atoms. The van der Waals surface area contributed by atoms with E-state index in [4.69, 9.17) is 18.9 Å². The maximum atomic E-state index is 11.6. The van der Waals surface area contributed by atoms with Gasteiger partial charge in [0.05, 0.1) is 13.2 Å². The van der Waals surface area contributed by atoms with Crippen LogP contribution >= 0.6 is 11.8 Å². The van der Waals surface area contributed by atoms with Crippen LogP contribution in [0.4, 0.5) is 4.79 Å². The van der Waals surface area contributed by atoms with E-state index < -0.39 is 6.09 Å². The van der Waals surface area contributed by atoms with Gasteiger partial charge in [0.25, 0.3) is 0 Å². The van der Waals surface area contributed by atoms with Crippen LogP contribution in [0, 0.1) is 0 Å². The van der Waals surface area contributed by atoms with E-state index in [0.29, 0.717) is 38.4 Å². The van der Waals surface area contributed by atoms with Crippen LogP contribution in [0.2, 0.25) is 0 Å². The summed E-state index contributed by atoms with van der Waals surface area (Å²) in [6.45, 7) is 2.09. The Hall–Kier alpha value is -1.32. The molecule has 0 radical (unpaired) electrons. The molecule has 8 nitrogen and oxygen atoms in total. The lowest BCUT2D eigenvalue weighted by Crippen LogP contribution is -2.27. The predicted molar refractivity (Wildman–Crippen MR) is 81.1 cm³/mol. The minimum atomic E-state index is -0.541. The second-order valence-corrected chi connectivity index (χ2v) is 6.35. The van der Waals surface area contributed by atoms with Gasteiger partial charge >= 0.3 is 12.1 Å². The quantitative estimate of drug-likeness (QED) is 0.327. The van der Waals surface area contributed by atoms with Crippen molar-refractivity contribution in [3.63, 3.8) is 0 Å². The largest absolute Gasteiger partial charge is 0.463 e. The zero-order valence-electron chi connectivity index (χ0n) is 12.8. The van der Waals surface area contributed by atoms with Crippen LogP contribution < -0.4 is 5.32 Å². The summed E-state index contributed by atoms with van der Waals surface area (Å²) in [6, 6.07) is 0. The fraction of sp³-hybridized carbons (Fsp3) is 0.786. The highest BCUT2D eigenvalue weighted by atomic mass is 32.2. The zero-order chi connectivity index (χ0) is 16.5. The molecule has 2 aliphatic rings. The summed E-state index contributed by atoms with van der Waals surface area (Å²) in [5.74, 6) is 0.287. The molecular weight excluding hydrogens is 326 g/mol. The minimum absolute atomic E-state index is 0.0291. The van der Waals surface area contributed by atoms with Gasteiger partial charge in [-0.15, -0.1) is 0 Å². The van der Waals surface area contributed by atoms with Gasteiger partial charge in [-0.05, 0) is 6.42 Å². The fourth-order valence-corrected chi connectivity index (χ4v) is 2.31. The first kappa shape index (κ1) is 18.0. The maximum Gasteiger partial charge on any atom is 0.407 e. The van der Waals surface area contributed by atoms with E-state index in [9.17, 15) is 14.4 Å². The van der Waals surface area contributed by atoms with E-state index in [-0.39, 0.29) is 42.9 Å². The molecule has 0 aliphatic carbocycles. The molecule has 2 atom stereocenters. The number of alkyl carbamates (subject to hydrolysis) is 1. The summed E-state index contributed by atoms with van der Waals surface area (Å²) in [5, 5.41) is 2.47. The molecule has 0 aromatic rings. The Labute approximate surface area is 138 Å². The van der Waals surface area contributed by atoms with Crippen molar-refractivity contribution in [1.82, 2.24) is 5.32 Å². The third-order valence-corrected chi connectivity index (χ3v) is 4.04. The second kappa shape index (κ2) is 9.74. The van der Waals surface area contributed by atoms with Gasteiger partial charge in [-0.2, -0.15) is 0 Å². The first-order chi connectivity index (χ1) is 11.1. The number of nitrogens with one attached hydrogen (secondary N) is 1. The number of thioether (sulfide) groups is 1. The van der Waals surface area contributed by atoms with E-state index in [1.54, 1.807) is 0 Å². The number of carbonyl (C=O) groups excluding carboxylic acids is 3. The van der Waals surface area contributed by atoms with Crippen molar-refractivity contribution in [2.24, 2.45) is 0 Å². The van der Waals surface area contributed by atoms with E-state index in [0.717, 1.165) is 11.8 Å². The average molecular weight is 347 g/mol. The van der Waals surface area contributed by atoms with Gasteiger partial charge in [0.15, 0.2) is 5.12 Å². The maximum absolute atomic E-state index is 11.6. The topological polar surface area (TPSA) is 107 Å². The van der Waals surface area contributed by atoms with E-state index in [1.807, 2.05) is 0 Å². The predicted octanol–water partition coefficient (Wildman–Crippen LogP) is 0.483. The van der Waals surface area contributed by atoms with Crippen LogP contribution in [0.5, 0.6) is 0 Å². The molecule has 0 aromatic carbocycles. The Morgan fingerprint density at radius 1 is 1.04 bits per heavy atom. The highest BCUT2D eigenvalue weighted by molar-refractivity contribution is 8.13. The summed E-state index contributed by atoms with van der Waals surface area (Å²) in [7, 11) is 0. The normalized spacial score (nSPS) is 21.4. The first-order valence-corrected chi connectivity index (χ1v) is 8.57. The molecule has 9 heteroatoms. The highest BCUT2D eigenvalue weighted by Gasteiger charge is 2.24. The molecule has 0 spiro atoms. The third-order valence-electron chi connectivity index (χ3n) is 3.02. The standard InChI is InChI=1S/C14H21NO7S/c16-12(21-8-10-6-19-10)2-1-5-23-13(17)3-4-15-14(18)22-9-11-7-20-11/h10-11H,1-9H2,(H,15,18). The molecule has 2 fully saturated rings. The van der Waals surface area contributed by atoms with Crippen molar-refractivity contribution in [3.8, 4) is 0 Å². The smallest absolute Gasteiger partial charge is 0.407 e. The summed E-state index contributed by atoms with van der Waals surface area (Å²) in [4.78, 5) is 34.2. The Kier molecular flexibility index (Phi) is 7.63. The van der Waals surface area contributed by atoms with E-state index in [1.165, 1.54) is 0 Å². The number of hydrogen-bond donors (Lipinski definition) is 1. The Bertz CT molecular complexity index is 423. The summed E-state index contributed by atoms with van der Waals surface area (Å²) < 4.78 is 19.7. The number of amides is 1. The van der Waals surface area contributed by atoms with Crippen molar-refractivity contribution >= 4 is 28.9 Å². The van der Waals surface area contributed by atoms with Crippen molar-refractivity contribution in [3.05, 3.63) is 0 Å². The Morgan fingerprint density at radius 3 is 2.35 bits per heavy atom. The summed E-state index contributed by atoms with van der Waals surface area (Å²) >= 11 is 1.15. The van der Waals surface area contributed by atoms with Crippen LogP contribution in [-0.4, -0.2) is 68.1 Å².